The van der Waals surface area contributed by atoms with Crippen molar-refractivity contribution in [1.82, 2.24) is 9.78 Å². The number of aromatic nitrogens is 2. The number of hydrogen-bond donors (Lipinski definition) is 1. The predicted molar refractivity (Wildman–Crippen MR) is 61.4 cm³/mol. The van der Waals surface area contributed by atoms with Crippen LogP contribution < -0.4 is 5.73 Å². The van der Waals surface area contributed by atoms with E-state index in [1.165, 1.54) is 6.07 Å². The monoisotopic (exact) mass is 219 g/mol. The highest BCUT2D eigenvalue weighted by molar-refractivity contribution is 5.63. The zero-order chi connectivity index (χ0) is 11.5. The highest BCUT2D eigenvalue weighted by Gasteiger charge is 2.12. The molecule has 1 aromatic heterocycles. The summed E-state index contributed by atoms with van der Waals surface area (Å²) in [6, 6.07) is 6.65. The van der Waals surface area contributed by atoms with E-state index in [0.29, 0.717) is 24.2 Å². The minimum absolute atomic E-state index is 0.250. The van der Waals surface area contributed by atoms with Crippen LogP contribution in [0, 0.1) is 5.82 Å². The van der Waals surface area contributed by atoms with E-state index in [1.807, 2.05) is 13.2 Å². The molecule has 2 rings (SSSR count). The van der Waals surface area contributed by atoms with Crippen molar-refractivity contribution < 1.29 is 4.39 Å². The molecule has 0 spiro atoms. The fraction of sp³-hybridized carbons (Fsp3) is 0.250. The largest absolute Gasteiger partial charge is 0.330 e. The number of rotatable bonds is 3. The number of halogens is 1. The second-order valence-electron chi connectivity index (χ2n) is 3.70. The molecule has 3 nitrogen and oxygen atoms in total. The molecule has 2 aromatic rings. The molecule has 1 heterocycles. The smallest absolute Gasteiger partial charge is 0.132 e. The van der Waals surface area contributed by atoms with Crippen LogP contribution in [0.3, 0.4) is 0 Å². The van der Waals surface area contributed by atoms with E-state index in [-0.39, 0.29) is 5.82 Å². The first-order valence-corrected chi connectivity index (χ1v) is 5.20. The number of nitrogens with two attached hydrogens (primary N) is 1. The van der Waals surface area contributed by atoms with Crippen LogP contribution in [0.5, 0.6) is 0 Å². The summed E-state index contributed by atoms with van der Waals surface area (Å²) in [4.78, 5) is 0. The van der Waals surface area contributed by atoms with Gasteiger partial charge >= 0.3 is 0 Å². The molecule has 0 radical (unpaired) electrons. The zero-order valence-electron chi connectivity index (χ0n) is 9.15. The second-order valence-corrected chi connectivity index (χ2v) is 3.70. The Morgan fingerprint density at radius 2 is 2.12 bits per heavy atom. The quantitative estimate of drug-likeness (QED) is 0.854. The average Bonchev–Trinajstić information content (AvgIpc) is 2.61. The van der Waals surface area contributed by atoms with Gasteiger partial charge < -0.3 is 5.73 Å². The van der Waals surface area contributed by atoms with Gasteiger partial charge in [-0.05, 0) is 30.7 Å². The Balaban J connectivity index is 2.51. The van der Waals surface area contributed by atoms with Crippen molar-refractivity contribution in [3.8, 4) is 11.3 Å². The molecular weight excluding hydrogens is 205 g/mol. The highest BCUT2D eigenvalue weighted by Crippen LogP contribution is 2.24. The lowest BCUT2D eigenvalue weighted by molar-refractivity contribution is 0.629. The fourth-order valence-electron chi connectivity index (χ4n) is 1.76. The molecule has 0 unspecified atom stereocenters. The maximum Gasteiger partial charge on any atom is 0.132 e. The van der Waals surface area contributed by atoms with Crippen molar-refractivity contribution in [2.24, 2.45) is 12.8 Å². The van der Waals surface area contributed by atoms with Gasteiger partial charge in [-0.2, -0.15) is 5.10 Å². The molecule has 0 atom stereocenters. The van der Waals surface area contributed by atoms with Gasteiger partial charge in [0.1, 0.15) is 5.82 Å². The first-order chi connectivity index (χ1) is 7.72. The Labute approximate surface area is 93.7 Å². The predicted octanol–water partition coefficient (Wildman–Crippen LogP) is 1.73. The van der Waals surface area contributed by atoms with Gasteiger partial charge in [0.05, 0.1) is 5.69 Å². The first kappa shape index (κ1) is 10.8. The molecule has 0 saturated heterocycles. The van der Waals surface area contributed by atoms with Crippen LogP contribution in [0.2, 0.25) is 0 Å². The third kappa shape index (κ3) is 1.97. The Hall–Kier alpha value is -1.68. The molecule has 16 heavy (non-hydrogen) atoms. The molecular formula is C12H14FN3. The van der Waals surface area contributed by atoms with Gasteiger partial charge in [-0.1, -0.05) is 12.1 Å². The van der Waals surface area contributed by atoms with Crippen molar-refractivity contribution in [3.05, 3.63) is 41.8 Å². The van der Waals surface area contributed by atoms with Gasteiger partial charge in [0.25, 0.3) is 0 Å². The van der Waals surface area contributed by atoms with Crippen LogP contribution in [-0.4, -0.2) is 16.3 Å². The highest BCUT2D eigenvalue weighted by atomic mass is 19.1. The molecule has 0 aliphatic carbocycles. The lowest BCUT2D eigenvalue weighted by Gasteiger charge is -2.02. The lowest BCUT2D eigenvalue weighted by Crippen LogP contribution is -2.03. The third-order valence-corrected chi connectivity index (χ3v) is 2.45. The van der Waals surface area contributed by atoms with Crippen LogP contribution in [0.15, 0.2) is 30.5 Å². The van der Waals surface area contributed by atoms with E-state index in [4.69, 9.17) is 5.73 Å². The van der Waals surface area contributed by atoms with Crippen molar-refractivity contribution in [3.63, 3.8) is 0 Å². The topological polar surface area (TPSA) is 43.8 Å². The van der Waals surface area contributed by atoms with Crippen molar-refractivity contribution in [2.75, 3.05) is 6.54 Å². The van der Waals surface area contributed by atoms with E-state index in [0.717, 1.165) is 5.56 Å². The van der Waals surface area contributed by atoms with Crippen LogP contribution in [-0.2, 0) is 13.5 Å². The van der Waals surface area contributed by atoms with E-state index in [1.54, 1.807) is 22.9 Å². The lowest BCUT2D eigenvalue weighted by atomic mass is 10.1. The zero-order valence-corrected chi connectivity index (χ0v) is 9.15. The minimum atomic E-state index is -0.250. The average molecular weight is 219 g/mol. The maximum atomic E-state index is 13.6. The Kier molecular flexibility index (Phi) is 3.01. The van der Waals surface area contributed by atoms with Crippen LogP contribution in [0.25, 0.3) is 11.3 Å². The first-order valence-electron chi connectivity index (χ1n) is 5.20. The second kappa shape index (κ2) is 4.45. The van der Waals surface area contributed by atoms with Crippen LogP contribution >= 0.6 is 0 Å². The third-order valence-electron chi connectivity index (χ3n) is 2.45. The summed E-state index contributed by atoms with van der Waals surface area (Å²) in [6.07, 6.45) is 2.59. The molecule has 2 N–H and O–H groups in total. The van der Waals surface area contributed by atoms with Crippen molar-refractivity contribution in [1.29, 1.82) is 0 Å². The minimum Gasteiger partial charge on any atom is -0.330 e. The Bertz CT molecular complexity index is 491. The number of aryl methyl sites for hydroxylation is 1. The summed E-state index contributed by atoms with van der Waals surface area (Å²) in [5, 5.41) is 4.28. The molecule has 0 saturated carbocycles. The maximum absolute atomic E-state index is 13.6. The summed E-state index contributed by atoms with van der Waals surface area (Å²) < 4.78 is 15.3. The number of hydrogen-bond acceptors (Lipinski definition) is 2. The molecule has 0 amide bonds. The van der Waals surface area contributed by atoms with E-state index >= 15 is 0 Å². The van der Waals surface area contributed by atoms with E-state index < -0.39 is 0 Å². The molecule has 1 aromatic carbocycles. The van der Waals surface area contributed by atoms with Gasteiger partial charge in [0.15, 0.2) is 0 Å². The summed E-state index contributed by atoms with van der Waals surface area (Å²) in [5.41, 5.74) is 7.73. The molecule has 0 fully saturated rings. The number of nitrogens with zero attached hydrogens (tertiary/aromatic N) is 2. The summed E-state index contributed by atoms with van der Waals surface area (Å²) in [5.74, 6) is -0.250. The normalized spacial score (nSPS) is 10.7. The van der Waals surface area contributed by atoms with Gasteiger partial charge in [0.2, 0.25) is 0 Å². The Morgan fingerprint density at radius 3 is 2.81 bits per heavy atom. The Morgan fingerprint density at radius 1 is 1.38 bits per heavy atom. The molecule has 0 aliphatic heterocycles. The number of benzene rings is 1. The SMILES string of the molecule is Cn1cc(CCN)c(-c2ccccc2F)n1. The van der Waals surface area contributed by atoms with Crippen molar-refractivity contribution >= 4 is 0 Å². The van der Waals surface area contributed by atoms with E-state index in [2.05, 4.69) is 5.10 Å². The fourth-order valence-corrected chi connectivity index (χ4v) is 1.76. The van der Waals surface area contributed by atoms with Crippen LogP contribution in [0.4, 0.5) is 4.39 Å². The summed E-state index contributed by atoms with van der Waals surface area (Å²) in [6.45, 7) is 0.535. The van der Waals surface area contributed by atoms with Crippen molar-refractivity contribution in [2.45, 2.75) is 6.42 Å². The van der Waals surface area contributed by atoms with E-state index in [9.17, 15) is 4.39 Å². The molecule has 4 heteroatoms. The van der Waals surface area contributed by atoms with Gasteiger partial charge in [0, 0.05) is 18.8 Å². The van der Waals surface area contributed by atoms with Gasteiger partial charge in [-0.15, -0.1) is 0 Å². The van der Waals surface area contributed by atoms with Gasteiger partial charge in [-0.25, -0.2) is 4.39 Å². The summed E-state index contributed by atoms with van der Waals surface area (Å²) >= 11 is 0. The van der Waals surface area contributed by atoms with Crippen LogP contribution in [0.1, 0.15) is 5.56 Å². The molecule has 84 valence electrons. The molecule has 0 aliphatic rings. The summed E-state index contributed by atoms with van der Waals surface area (Å²) in [7, 11) is 1.82. The standard InChI is InChI=1S/C12H14FN3/c1-16-8-9(6-7-14)12(15-16)10-4-2-3-5-11(10)13/h2-5,8H,6-7,14H2,1H3. The van der Waals surface area contributed by atoms with Gasteiger partial charge in [-0.3, -0.25) is 4.68 Å². The molecule has 0 bridgehead atoms.